The van der Waals surface area contributed by atoms with Crippen LogP contribution in [0.25, 0.3) is 0 Å². The molecular weight excluding hydrogens is 428 g/mol. The summed E-state index contributed by atoms with van der Waals surface area (Å²) in [5, 5.41) is 0.431. The molecule has 13 heavy (non-hydrogen) atoms. The van der Waals surface area contributed by atoms with Gasteiger partial charge in [-0.2, -0.15) is 32.4 Å². The normalized spacial score (nSPS) is 22.4. The van der Waals surface area contributed by atoms with Crippen molar-refractivity contribution in [1.82, 2.24) is 4.90 Å². The molecule has 1 nitrogen and oxygen atoms in total. The Hall–Kier alpha value is -0.690. The zero-order valence-corrected chi connectivity index (χ0v) is 11.8. The maximum absolute atomic E-state index is 4.44. The molecule has 89 valence electrons. The molecule has 1 radical (unpaired) electrons. The fraction of sp³-hybridized carbons (Fsp3) is 0.800. The number of nitrogens with zero attached hydrogens (tertiary/aromatic N) is 1. The van der Waals surface area contributed by atoms with Gasteiger partial charge in [0.1, 0.15) is 0 Å². The van der Waals surface area contributed by atoms with Crippen molar-refractivity contribution in [2.45, 2.75) is 38.5 Å². The van der Waals surface area contributed by atoms with Crippen LogP contribution in [0.5, 0.6) is 0 Å². The molecule has 1 fully saturated rings. The zero-order chi connectivity index (χ0) is 8.27. The van der Waals surface area contributed by atoms with Crippen molar-refractivity contribution in [3.63, 3.8) is 0 Å². The summed E-state index contributed by atoms with van der Waals surface area (Å²) in [6, 6.07) is 0. The van der Waals surface area contributed by atoms with Gasteiger partial charge >= 0.3 is 0 Å². The third-order valence-electron chi connectivity index (χ3n) is 2.40. The number of hydrogen-bond donors (Lipinski definition) is 1. The fourth-order valence-corrected chi connectivity index (χ4v) is 1.76. The zero-order valence-electron chi connectivity index (χ0n) is 8.77. The predicted octanol–water partition coefficient (Wildman–Crippen LogP) is 2.79. The van der Waals surface area contributed by atoms with Crippen LogP contribution in [0.4, 0.5) is 0 Å². The van der Waals surface area contributed by atoms with Crippen molar-refractivity contribution in [2.75, 3.05) is 13.1 Å². The summed E-state index contributed by atoms with van der Waals surface area (Å²) >= 11 is 4.44. The third kappa shape index (κ3) is 4.79. The summed E-state index contributed by atoms with van der Waals surface area (Å²) in [6.07, 6.45) is 3.90. The van der Waals surface area contributed by atoms with E-state index in [1.54, 1.807) is 5.92 Å². The van der Waals surface area contributed by atoms with E-state index in [4.69, 9.17) is 0 Å². The van der Waals surface area contributed by atoms with Crippen molar-refractivity contribution >= 4 is 12.6 Å². The molecule has 0 aromatic heterocycles. The Morgan fingerprint density at radius 2 is 1.92 bits per heavy atom. The van der Waals surface area contributed by atoms with E-state index in [9.17, 15) is 0 Å². The largest absolute Gasteiger partial charge is 0.358 e. The van der Waals surface area contributed by atoms with Crippen molar-refractivity contribution in [1.29, 1.82) is 0 Å². The number of likely N-dealkylation sites (tertiary alicyclic amines) is 1. The van der Waals surface area contributed by atoms with Gasteiger partial charge in [-0.3, -0.25) is 4.90 Å². The Kier molecular flexibility index (Phi) is 7.73. The summed E-state index contributed by atoms with van der Waals surface area (Å²) in [7, 11) is 0. The van der Waals surface area contributed by atoms with Gasteiger partial charge in [-0.25, -0.2) is 0 Å². The van der Waals surface area contributed by atoms with E-state index in [-0.39, 0.29) is 7.43 Å². The molecule has 0 aromatic carbocycles. The van der Waals surface area contributed by atoms with E-state index in [0.29, 0.717) is 5.37 Å². The number of hydrogen-bond acceptors (Lipinski definition) is 2. The molecule has 1 aliphatic heterocycles. The van der Waals surface area contributed by atoms with Gasteiger partial charge in [0.05, 0.1) is 0 Å². The Balaban J connectivity index is 0. The van der Waals surface area contributed by atoms with Crippen LogP contribution in [-0.4, -0.2) is 23.4 Å². The fourth-order valence-electron chi connectivity index (χ4n) is 1.53. The van der Waals surface area contributed by atoms with Crippen LogP contribution >= 0.6 is 12.6 Å². The van der Waals surface area contributed by atoms with Crippen molar-refractivity contribution < 1.29 is 0 Å². The molecule has 1 heterocycles. The second-order valence-electron chi connectivity index (χ2n) is 3.48. The molecule has 0 saturated carbocycles. The maximum Gasteiger partial charge on any atom is 0.0498 e. The number of rotatable bonds is 1. The van der Waals surface area contributed by atoms with Crippen LogP contribution in [-0.2, 0) is 0 Å². The molecular formula is C10H21LrNS-2. The van der Waals surface area contributed by atoms with Crippen molar-refractivity contribution in [2.24, 2.45) is 0 Å². The minimum absolute atomic E-state index is 0. The average molecular weight is 449 g/mol. The second kappa shape index (κ2) is 6.79. The Morgan fingerprint density at radius 3 is 2.46 bits per heavy atom. The van der Waals surface area contributed by atoms with Gasteiger partial charge < -0.3 is 13.3 Å². The average Bonchev–Trinajstić information content (AvgIpc) is 2.13. The molecule has 0 bridgehead atoms. The van der Waals surface area contributed by atoms with Crippen LogP contribution in [0.2, 0.25) is 0 Å². The van der Waals surface area contributed by atoms with Crippen LogP contribution in [0, 0.1) is 13.3 Å². The van der Waals surface area contributed by atoms with Gasteiger partial charge in [0, 0.05) is 5.37 Å². The Morgan fingerprint density at radius 1 is 1.31 bits per heavy atom. The Labute approximate surface area is 82.9 Å². The quantitative estimate of drug-likeness (QED) is 0.476. The predicted molar refractivity (Wildman–Crippen MR) is 59.2 cm³/mol. The molecule has 0 spiro atoms. The first-order valence-corrected chi connectivity index (χ1v) is 4.95. The molecule has 1 unspecified atom stereocenters. The van der Waals surface area contributed by atoms with E-state index >= 15 is 0 Å². The van der Waals surface area contributed by atoms with E-state index in [0.717, 1.165) is 0 Å². The standard InChI is InChI=1S/C9H18NS.CH3.Lr/c1-8-4-3-6-10(7-5-8)9(2)11;;/h9,11H,3-7H2,1-2H3;1H3;/q2*-1;. The summed E-state index contributed by atoms with van der Waals surface area (Å²) in [5.41, 5.74) is 0. The first-order chi connectivity index (χ1) is 5.20. The minimum Gasteiger partial charge on any atom is -0.358 e. The van der Waals surface area contributed by atoms with E-state index in [1.165, 1.54) is 32.4 Å². The molecule has 0 aliphatic carbocycles. The topological polar surface area (TPSA) is 3.24 Å². The van der Waals surface area contributed by atoms with Crippen molar-refractivity contribution in [3.05, 3.63) is 13.3 Å². The van der Waals surface area contributed by atoms with E-state index < -0.39 is 0 Å². The van der Waals surface area contributed by atoms with Crippen LogP contribution in [0.1, 0.15) is 33.1 Å². The van der Waals surface area contributed by atoms with Gasteiger partial charge in [0.2, 0.25) is 0 Å². The van der Waals surface area contributed by atoms with Gasteiger partial charge in [-0.15, -0.1) is 0 Å². The monoisotopic (exact) mass is 449 g/mol. The van der Waals surface area contributed by atoms with Gasteiger partial charge in [0.15, 0.2) is 0 Å². The van der Waals surface area contributed by atoms with Crippen LogP contribution in [0.15, 0.2) is 0 Å². The summed E-state index contributed by atoms with van der Waals surface area (Å²) in [4.78, 5) is 2.44. The molecule has 0 amide bonds. The SMILES string of the molecule is C[C-]1CCCN(C(C)S)CC1.[CH3-].[Lr]. The Bertz CT molecular complexity index is 119. The van der Waals surface area contributed by atoms with Gasteiger partial charge in [-0.1, -0.05) is 6.42 Å². The molecule has 0 N–H and O–H groups in total. The van der Waals surface area contributed by atoms with Crippen LogP contribution < -0.4 is 0 Å². The minimum atomic E-state index is 0. The summed E-state index contributed by atoms with van der Waals surface area (Å²) < 4.78 is 0. The third-order valence-corrected chi connectivity index (χ3v) is 2.73. The van der Waals surface area contributed by atoms with Crippen LogP contribution in [0.3, 0.4) is 0 Å². The summed E-state index contributed by atoms with van der Waals surface area (Å²) in [5.74, 6) is 1.65. The van der Waals surface area contributed by atoms with E-state index in [2.05, 4.69) is 31.4 Å². The molecule has 1 rings (SSSR count). The molecule has 3 heteroatoms. The maximum atomic E-state index is 4.44. The summed E-state index contributed by atoms with van der Waals surface area (Å²) in [6.45, 7) is 6.86. The molecule has 1 saturated heterocycles. The van der Waals surface area contributed by atoms with Gasteiger partial charge in [-0.05, 0) is 20.0 Å². The molecule has 1 aliphatic rings. The first-order valence-electron chi connectivity index (χ1n) is 4.43. The first kappa shape index (κ1) is 14.8. The smallest absolute Gasteiger partial charge is 0.0498 e. The molecule has 1 atom stereocenters. The second-order valence-corrected chi connectivity index (χ2v) is 4.23. The van der Waals surface area contributed by atoms with Gasteiger partial charge in [0.25, 0.3) is 0 Å². The van der Waals surface area contributed by atoms with E-state index in [1.807, 2.05) is 0 Å². The molecule has 0 aromatic rings. The number of thiol groups is 1. The van der Waals surface area contributed by atoms with Crippen molar-refractivity contribution in [3.8, 4) is 0 Å².